The molecule has 2 aromatic rings. The molecule has 1 aromatic carbocycles. The van der Waals surface area contributed by atoms with E-state index in [-0.39, 0.29) is 23.0 Å². The van der Waals surface area contributed by atoms with Crippen LogP contribution in [-0.4, -0.2) is 21.0 Å². The van der Waals surface area contributed by atoms with Gasteiger partial charge in [0.25, 0.3) is 0 Å². The van der Waals surface area contributed by atoms with Gasteiger partial charge in [-0.25, -0.2) is 19.2 Å². The highest BCUT2D eigenvalue weighted by Gasteiger charge is 2.12. The van der Waals surface area contributed by atoms with Crippen molar-refractivity contribution in [1.82, 2.24) is 9.97 Å². The van der Waals surface area contributed by atoms with Crippen LogP contribution in [-0.2, 0) is 5.75 Å². The van der Waals surface area contributed by atoms with E-state index in [4.69, 9.17) is 16.6 Å². The molecule has 104 valence electrons. The first-order valence-electron chi connectivity index (χ1n) is 5.50. The highest BCUT2D eigenvalue weighted by molar-refractivity contribution is 7.98. The summed E-state index contributed by atoms with van der Waals surface area (Å²) in [5.41, 5.74) is 11.4. The Balaban J connectivity index is 2.22. The summed E-state index contributed by atoms with van der Waals surface area (Å²) in [5.74, 6) is -0.981. The van der Waals surface area contributed by atoms with Crippen molar-refractivity contribution in [1.29, 1.82) is 0 Å². The lowest BCUT2D eigenvalue weighted by molar-refractivity contribution is 0.0696. The summed E-state index contributed by atoms with van der Waals surface area (Å²) in [6.45, 7) is 0. The largest absolute Gasteiger partial charge is 0.478 e. The summed E-state index contributed by atoms with van der Waals surface area (Å²) in [5, 5.41) is 9.35. The molecule has 0 amide bonds. The number of aromatic carboxylic acids is 1. The number of nitrogens with zero attached hydrogens (tertiary/aromatic N) is 2. The number of carbonyl (C=O) groups is 1. The highest BCUT2D eigenvalue weighted by Crippen LogP contribution is 2.24. The SMILES string of the molecule is Nc1cc(N)nc(SCc2cc(F)ccc2C(=O)O)n1. The van der Waals surface area contributed by atoms with Gasteiger partial charge in [-0.3, -0.25) is 0 Å². The van der Waals surface area contributed by atoms with Crippen LogP contribution in [0.1, 0.15) is 15.9 Å². The van der Waals surface area contributed by atoms with Gasteiger partial charge < -0.3 is 16.6 Å². The van der Waals surface area contributed by atoms with Crippen LogP contribution in [0.2, 0.25) is 0 Å². The number of rotatable bonds is 4. The lowest BCUT2D eigenvalue weighted by Gasteiger charge is -2.06. The van der Waals surface area contributed by atoms with Crippen molar-refractivity contribution in [3.63, 3.8) is 0 Å². The van der Waals surface area contributed by atoms with Crippen LogP contribution in [0.3, 0.4) is 0 Å². The Bertz CT molecular complexity index is 646. The number of hydrogen-bond donors (Lipinski definition) is 3. The van der Waals surface area contributed by atoms with E-state index < -0.39 is 11.8 Å². The fourth-order valence-electron chi connectivity index (χ4n) is 1.56. The number of carboxylic acid groups (broad SMARTS) is 1. The molecule has 1 heterocycles. The topological polar surface area (TPSA) is 115 Å². The Hall–Kier alpha value is -2.35. The first kappa shape index (κ1) is 14.1. The first-order chi connectivity index (χ1) is 9.45. The maximum Gasteiger partial charge on any atom is 0.335 e. The number of nitrogens with two attached hydrogens (primary N) is 2. The molecule has 20 heavy (non-hydrogen) atoms. The third-order valence-corrected chi connectivity index (χ3v) is 3.30. The van der Waals surface area contributed by atoms with Crippen molar-refractivity contribution in [3.8, 4) is 0 Å². The predicted octanol–water partition coefficient (Wildman–Crippen LogP) is 1.77. The van der Waals surface area contributed by atoms with Crippen LogP contribution in [0.5, 0.6) is 0 Å². The van der Waals surface area contributed by atoms with E-state index in [9.17, 15) is 9.18 Å². The smallest absolute Gasteiger partial charge is 0.335 e. The molecule has 5 N–H and O–H groups in total. The molecule has 0 saturated heterocycles. The third kappa shape index (κ3) is 3.35. The Morgan fingerprint density at radius 3 is 2.50 bits per heavy atom. The summed E-state index contributed by atoms with van der Waals surface area (Å²) in [6.07, 6.45) is 0. The summed E-state index contributed by atoms with van der Waals surface area (Å²) >= 11 is 1.13. The lowest BCUT2D eigenvalue weighted by Crippen LogP contribution is -2.03. The number of anilines is 2. The molecule has 0 aliphatic carbocycles. The van der Waals surface area contributed by atoms with Crippen molar-refractivity contribution in [3.05, 3.63) is 41.2 Å². The average Bonchev–Trinajstić information content (AvgIpc) is 2.35. The second kappa shape index (κ2) is 5.74. The summed E-state index contributed by atoms with van der Waals surface area (Å²) in [4.78, 5) is 19.0. The highest BCUT2D eigenvalue weighted by atomic mass is 32.2. The number of nitrogen functional groups attached to an aromatic ring is 2. The third-order valence-electron chi connectivity index (χ3n) is 2.40. The van der Waals surface area contributed by atoms with Gasteiger partial charge in [-0.1, -0.05) is 11.8 Å². The number of carboxylic acids is 1. The van der Waals surface area contributed by atoms with Gasteiger partial charge in [0.2, 0.25) is 0 Å². The summed E-state index contributed by atoms with van der Waals surface area (Å²) in [6, 6.07) is 4.91. The summed E-state index contributed by atoms with van der Waals surface area (Å²) in [7, 11) is 0. The van der Waals surface area contributed by atoms with Gasteiger partial charge in [-0.05, 0) is 23.8 Å². The quantitative estimate of drug-likeness (QED) is 0.581. The van der Waals surface area contributed by atoms with E-state index in [1.165, 1.54) is 18.2 Å². The molecule has 0 radical (unpaired) electrons. The fraction of sp³-hybridized carbons (Fsp3) is 0.0833. The van der Waals surface area contributed by atoms with Gasteiger partial charge in [0.1, 0.15) is 17.5 Å². The van der Waals surface area contributed by atoms with Gasteiger partial charge in [-0.2, -0.15) is 0 Å². The van der Waals surface area contributed by atoms with E-state index in [1.54, 1.807) is 0 Å². The molecule has 1 aromatic heterocycles. The Morgan fingerprint density at radius 1 is 1.25 bits per heavy atom. The van der Waals surface area contributed by atoms with E-state index >= 15 is 0 Å². The molecule has 0 spiro atoms. The molecule has 6 nitrogen and oxygen atoms in total. The normalized spacial score (nSPS) is 10.4. The number of benzene rings is 1. The van der Waals surface area contributed by atoms with Gasteiger partial charge >= 0.3 is 5.97 Å². The Labute approximate surface area is 118 Å². The van der Waals surface area contributed by atoms with Crippen molar-refractivity contribution < 1.29 is 14.3 Å². The van der Waals surface area contributed by atoms with Gasteiger partial charge in [0.15, 0.2) is 5.16 Å². The average molecular weight is 294 g/mol. The number of hydrogen-bond acceptors (Lipinski definition) is 6. The minimum absolute atomic E-state index is 0.0378. The van der Waals surface area contributed by atoms with Crippen LogP contribution >= 0.6 is 11.8 Å². The minimum atomic E-state index is -1.12. The second-order valence-electron chi connectivity index (χ2n) is 3.90. The molecule has 0 fully saturated rings. The van der Waals surface area contributed by atoms with Crippen molar-refractivity contribution in [2.24, 2.45) is 0 Å². The summed E-state index contributed by atoms with van der Waals surface area (Å²) < 4.78 is 13.2. The van der Waals surface area contributed by atoms with Gasteiger partial charge in [-0.15, -0.1) is 0 Å². The van der Waals surface area contributed by atoms with Crippen LogP contribution < -0.4 is 11.5 Å². The molecular weight excluding hydrogens is 283 g/mol. The van der Waals surface area contributed by atoms with E-state index in [0.717, 1.165) is 17.8 Å². The number of aromatic nitrogens is 2. The molecule has 0 atom stereocenters. The van der Waals surface area contributed by atoms with Crippen molar-refractivity contribution in [2.45, 2.75) is 10.9 Å². The van der Waals surface area contributed by atoms with Crippen molar-refractivity contribution >= 4 is 29.4 Å². The van der Waals surface area contributed by atoms with Crippen LogP contribution in [0.25, 0.3) is 0 Å². The Morgan fingerprint density at radius 2 is 1.90 bits per heavy atom. The maximum atomic E-state index is 13.2. The molecule has 0 aliphatic rings. The van der Waals surface area contributed by atoms with Crippen LogP contribution in [0.15, 0.2) is 29.4 Å². The van der Waals surface area contributed by atoms with E-state index in [0.29, 0.717) is 10.7 Å². The molecule has 0 saturated carbocycles. The van der Waals surface area contributed by atoms with E-state index in [1.807, 2.05) is 0 Å². The zero-order chi connectivity index (χ0) is 14.7. The lowest BCUT2D eigenvalue weighted by atomic mass is 10.1. The van der Waals surface area contributed by atoms with Gasteiger partial charge in [0, 0.05) is 11.8 Å². The first-order valence-corrected chi connectivity index (χ1v) is 6.49. The predicted molar refractivity (Wildman–Crippen MR) is 73.8 cm³/mol. The Kier molecular flexibility index (Phi) is 4.04. The molecular formula is C12H11FN4O2S. The number of thioether (sulfide) groups is 1. The van der Waals surface area contributed by atoms with Crippen molar-refractivity contribution in [2.75, 3.05) is 11.5 Å². The molecule has 0 aliphatic heterocycles. The van der Waals surface area contributed by atoms with E-state index in [2.05, 4.69) is 9.97 Å². The second-order valence-corrected chi connectivity index (χ2v) is 4.84. The minimum Gasteiger partial charge on any atom is -0.478 e. The zero-order valence-corrected chi connectivity index (χ0v) is 11.0. The monoisotopic (exact) mass is 294 g/mol. The van der Waals surface area contributed by atoms with Crippen LogP contribution in [0, 0.1) is 5.82 Å². The molecule has 2 rings (SSSR count). The molecule has 8 heteroatoms. The van der Waals surface area contributed by atoms with Gasteiger partial charge in [0.05, 0.1) is 5.56 Å². The number of halogens is 1. The maximum absolute atomic E-state index is 13.2. The molecule has 0 unspecified atom stereocenters. The standard InChI is InChI=1S/C12H11FN4O2S/c13-7-1-2-8(11(18)19)6(3-7)5-20-12-16-9(14)4-10(15)17-12/h1-4H,5H2,(H,18,19)(H4,14,15,16,17). The zero-order valence-electron chi connectivity index (χ0n) is 10.2. The fourth-order valence-corrected chi connectivity index (χ4v) is 2.42. The molecule has 0 bridgehead atoms. The van der Waals surface area contributed by atoms with Crippen LogP contribution in [0.4, 0.5) is 16.0 Å².